The summed E-state index contributed by atoms with van der Waals surface area (Å²) in [5.74, 6) is -0.0412. The quantitative estimate of drug-likeness (QED) is 0.598. The summed E-state index contributed by atoms with van der Waals surface area (Å²) in [5, 5.41) is 11.3. The minimum Gasteiger partial charge on any atom is -0.495 e. The highest BCUT2D eigenvalue weighted by molar-refractivity contribution is 7.92. The predicted octanol–water partition coefficient (Wildman–Crippen LogP) is 3.07. The second-order valence-corrected chi connectivity index (χ2v) is 7.51. The molecule has 1 heterocycles. The fraction of sp³-hybridized carbons (Fsp3) is 0.235. The number of rotatable bonds is 7. The molecule has 0 radical (unpaired) electrons. The number of sulfonamides is 1. The fourth-order valence-corrected chi connectivity index (χ4v) is 3.84. The zero-order valence-electron chi connectivity index (χ0n) is 15.7. The first-order valence-corrected chi connectivity index (χ1v) is 9.94. The average Bonchev–Trinajstić information content (AvgIpc) is 3.16. The van der Waals surface area contributed by atoms with E-state index in [4.69, 9.17) is 4.74 Å². The van der Waals surface area contributed by atoms with Gasteiger partial charge >= 0.3 is 6.36 Å². The van der Waals surface area contributed by atoms with Crippen molar-refractivity contribution >= 4 is 15.7 Å². The third-order valence-corrected chi connectivity index (χ3v) is 5.29. The van der Waals surface area contributed by atoms with Gasteiger partial charge in [-0.15, -0.1) is 18.3 Å². The highest BCUT2D eigenvalue weighted by Gasteiger charge is 2.31. The molecule has 0 fully saturated rings. The van der Waals surface area contributed by atoms with Crippen LogP contribution >= 0.6 is 0 Å². The third kappa shape index (κ3) is 4.79. The number of methoxy groups -OCH3 is 1. The van der Waals surface area contributed by atoms with E-state index in [0.29, 0.717) is 17.9 Å². The van der Waals surface area contributed by atoms with Gasteiger partial charge in [-0.3, -0.25) is 4.72 Å². The van der Waals surface area contributed by atoms with Gasteiger partial charge < -0.3 is 9.47 Å². The van der Waals surface area contributed by atoms with E-state index in [1.165, 1.54) is 23.9 Å². The molecule has 0 amide bonds. The van der Waals surface area contributed by atoms with E-state index in [-0.39, 0.29) is 16.3 Å². The Kier molecular flexibility index (Phi) is 5.82. The Labute approximate surface area is 169 Å². The smallest absolute Gasteiger partial charge is 0.495 e. The highest BCUT2D eigenvalue weighted by Crippen LogP contribution is 2.31. The van der Waals surface area contributed by atoms with E-state index < -0.39 is 22.1 Å². The summed E-state index contributed by atoms with van der Waals surface area (Å²) in [5.41, 5.74) is 0.479. The minimum absolute atomic E-state index is 0.0374. The molecule has 160 valence electrons. The number of nitrogens with zero attached hydrogens (tertiary/aromatic N) is 4. The molecule has 0 saturated heterocycles. The Hall–Kier alpha value is -3.35. The normalized spacial score (nSPS) is 11.9. The summed E-state index contributed by atoms with van der Waals surface area (Å²) in [6.45, 7) is 2.30. The molecule has 0 aliphatic carbocycles. The van der Waals surface area contributed by atoms with Crippen molar-refractivity contribution in [2.75, 3.05) is 11.8 Å². The van der Waals surface area contributed by atoms with Gasteiger partial charge in [0.25, 0.3) is 10.0 Å². The van der Waals surface area contributed by atoms with Crippen LogP contribution in [0.15, 0.2) is 47.4 Å². The number of aryl methyl sites for hydroxylation is 1. The standard InChI is InChI=1S/C17H16F3N5O4S/c1-3-25-16(21-23-24-25)11-4-9-14(28-2)15(10-11)30(26,27)22-12-5-7-13(8-6-12)29-17(18,19)20/h4-10,22H,3H2,1-2H3. The van der Waals surface area contributed by atoms with Crippen LogP contribution in [0.5, 0.6) is 11.5 Å². The molecule has 0 bridgehead atoms. The fourth-order valence-electron chi connectivity index (χ4n) is 2.58. The largest absolute Gasteiger partial charge is 0.573 e. The van der Waals surface area contributed by atoms with Gasteiger partial charge in [0, 0.05) is 17.8 Å². The SMILES string of the molecule is CCn1nnnc1-c1ccc(OC)c(S(=O)(=O)Nc2ccc(OC(F)(F)F)cc2)c1. The van der Waals surface area contributed by atoms with Crippen molar-refractivity contribution < 1.29 is 31.1 Å². The lowest BCUT2D eigenvalue weighted by Gasteiger charge is -2.14. The third-order valence-electron chi connectivity index (χ3n) is 3.88. The number of ether oxygens (including phenoxy) is 2. The van der Waals surface area contributed by atoms with Gasteiger partial charge in [-0.25, -0.2) is 13.1 Å². The lowest BCUT2D eigenvalue weighted by atomic mass is 10.2. The molecule has 0 atom stereocenters. The molecule has 0 spiro atoms. The van der Waals surface area contributed by atoms with Crippen molar-refractivity contribution in [3.8, 4) is 22.9 Å². The van der Waals surface area contributed by atoms with E-state index in [9.17, 15) is 21.6 Å². The monoisotopic (exact) mass is 443 g/mol. The molecular weight excluding hydrogens is 427 g/mol. The molecule has 0 saturated carbocycles. The van der Waals surface area contributed by atoms with Crippen molar-refractivity contribution in [3.05, 3.63) is 42.5 Å². The summed E-state index contributed by atoms with van der Waals surface area (Å²) >= 11 is 0. The average molecular weight is 443 g/mol. The van der Waals surface area contributed by atoms with E-state index in [1.54, 1.807) is 6.07 Å². The summed E-state index contributed by atoms with van der Waals surface area (Å²) in [6, 6.07) is 8.69. The van der Waals surface area contributed by atoms with Gasteiger partial charge in [-0.1, -0.05) is 0 Å². The molecule has 0 aliphatic heterocycles. The zero-order chi connectivity index (χ0) is 21.9. The lowest BCUT2D eigenvalue weighted by Crippen LogP contribution is -2.17. The maximum atomic E-state index is 12.9. The molecule has 9 nitrogen and oxygen atoms in total. The lowest BCUT2D eigenvalue weighted by molar-refractivity contribution is -0.274. The van der Waals surface area contributed by atoms with Crippen LogP contribution in [0.4, 0.5) is 18.9 Å². The number of tetrazole rings is 1. The molecule has 1 aromatic heterocycles. The van der Waals surface area contributed by atoms with Gasteiger partial charge in [0.05, 0.1) is 7.11 Å². The molecule has 2 aromatic carbocycles. The van der Waals surface area contributed by atoms with E-state index in [2.05, 4.69) is 25.0 Å². The summed E-state index contributed by atoms with van der Waals surface area (Å²) < 4.78 is 75.3. The van der Waals surface area contributed by atoms with Crippen molar-refractivity contribution in [2.45, 2.75) is 24.7 Å². The Balaban J connectivity index is 1.92. The molecule has 13 heteroatoms. The maximum Gasteiger partial charge on any atom is 0.573 e. The zero-order valence-corrected chi connectivity index (χ0v) is 16.5. The first kappa shape index (κ1) is 21.4. The number of hydrogen-bond donors (Lipinski definition) is 1. The van der Waals surface area contributed by atoms with Crippen LogP contribution in [0.25, 0.3) is 11.4 Å². The molecular formula is C17H16F3N5O4S. The van der Waals surface area contributed by atoms with Gasteiger partial charge in [0.15, 0.2) is 5.82 Å². The van der Waals surface area contributed by atoms with Crippen molar-refractivity contribution in [1.29, 1.82) is 0 Å². The van der Waals surface area contributed by atoms with Crippen LogP contribution in [-0.2, 0) is 16.6 Å². The Morgan fingerprint density at radius 3 is 2.43 bits per heavy atom. The topological polar surface area (TPSA) is 108 Å². The molecule has 3 rings (SSSR count). The van der Waals surface area contributed by atoms with Crippen LogP contribution < -0.4 is 14.2 Å². The van der Waals surface area contributed by atoms with Crippen molar-refractivity contribution in [1.82, 2.24) is 20.2 Å². The predicted molar refractivity (Wildman–Crippen MR) is 99.4 cm³/mol. The Morgan fingerprint density at radius 1 is 1.13 bits per heavy atom. The first-order chi connectivity index (χ1) is 14.1. The molecule has 3 aromatic rings. The second kappa shape index (κ2) is 8.18. The van der Waals surface area contributed by atoms with Crippen LogP contribution in [0, 0.1) is 0 Å². The summed E-state index contributed by atoms with van der Waals surface area (Å²) in [7, 11) is -2.84. The molecule has 1 N–H and O–H groups in total. The number of hydrogen-bond acceptors (Lipinski definition) is 7. The van der Waals surface area contributed by atoms with Crippen LogP contribution in [0.2, 0.25) is 0 Å². The van der Waals surface area contributed by atoms with Gasteiger partial charge in [0.2, 0.25) is 0 Å². The van der Waals surface area contributed by atoms with Crippen LogP contribution in [0.1, 0.15) is 6.92 Å². The number of benzene rings is 2. The Morgan fingerprint density at radius 2 is 1.83 bits per heavy atom. The van der Waals surface area contributed by atoms with Crippen molar-refractivity contribution in [3.63, 3.8) is 0 Å². The number of halogens is 3. The van der Waals surface area contributed by atoms with E-state index in [0.717, 1.165) is 24.3 Å². The highest BCUT2D eigenvalue weighted by atomic mass is 32.2. The number of nitrogens with one attached hydrogen (secondary N) is 1. The number of anilines is 1. The first-order valence-electron chi connectivity index (χ1n) is 8.46. The summed E-state index contributed by atoms with van der Waals surface area (Å²) in [4.78, 5) is -0.191. The minimum atomic E-state index is -4.84. The van der Waals surface area contributed by atoms with Gasteiger partial charge in [-0.05, 0) is 59.8 Å². The summed E-state index contributed by atoms with van der Waals surface area (Å²) in [6.07, 6.45) is -4.84. The molecule has 30 heavy (non-hydrogen) atoms. The molecule has 0 unspecified atom stereocenters. The van der Waals surface area contributed by atoms with Crippen LogP contribution in [0.3, 0.4) is 0 Å². The van der Waals surface area contributed by atoms with Crippen LogP contribution in [-0.4, -0.2) is 42.1 Å². The van der Waals surface area contributed by atoms with Gasteiger partial charge in [0.1, 0.15) is 16.4 Å². The Bertz CT molecular complexity index is 1130. The van der Waals surface area contributed by atoms with E-state index >= 15 is 0 Å². The maximum absolute atomic E-state index is 12.9. The van der Waals surface area contributed by atoms with E-state index in [1.807, 2.05) is 6.92 Å². The number of aromatic nitrogens is 4. The molecule has 0 aliphatic rings. The van der Waals surface area contributed by atoms with Crippen molar-refractivity contribution in [2.24, 2.45) is 0 Å². The number of alkyl halides is 3. The second-order valence-electron chi connectivity index (χ2n) is 5.86. The van der Waals surface area contributed by atoms with Gasteiger partial charge in [-0.2, -0.15) is 0 Å².